The van der Waals surface area contributed by atoms with Crippen LogP contribution in [-0.4, -0.2) is 26.7 Å². The first-order chi connectivity index (χ1) is 13.6. The molecule has 2 heterocycles. The molecule has 1 aliphatic rings. The fourth-order valence-corrected chi connectivity index (χ4v) is 4.41. The summed E-state index contributed by atoms with van der Waals surface area (Å²) in [4.78, 5) is 0. The summed E-state index contributed by atoms with van der Waals surface area (Å²) in [5.74, 6) is 1.69. The molecule has 28 heavy (non-hydrogen) atoms. The van der Waals surface area contributed by atoms with Gasteiger partial charge in [0.05, 0.1) is 17.4 Å². The zero-order valence-corrected chi connectivity index (χ0v) is 18.0. The van der Waals surface area contributed by atoms with E-state index < -0.39 is 0 Å². The largest absolute Gasteiger partial charge is 0.268 e. The molecule has 0 saturated carbocycles. The van der Waals surface area contributed by atoms with Gasteiger partial charge in [-0.25, -0.2) is 10.2 Å². The highest BCUT2D eigenvalue weighted by Crippen LogP contribution is 2.31. The first-order valence-electron chi connectivity index (χ1n) is 9.02. The molecule has 2 N–H and O–H groups in total. The molecule has 2 aromatic carbocycles. The Morgan fingerprint density at radius 3 is 2.68 bits per heavy atom. The number of amidine groups is 1. The van der Waals surface area contributed by atoms with Crippen LogP contribution in [0.2, 0.25) is 0 Å². The lowest BCUT2D eigenvalue weighted by Crippen LogP contribution is -2.45. The van der Waals surface area contributed by atoms with Gasteiger partial charge in [0, 0.05) is 16.3 Å². The second kappa shape index (κ2) is 8.38. The quantitative estimate of drug-likeness (QED) is 0.540. The number of hydrazine groups is 2. The van der Waals surface area contributed by atoms with E-state index in [4.69, 9.17) is 5.10 Å². The zero-order valence-electron chi connectivity index (χ0n) is 15.6. The van der Waals surface area contributed by atoms with Crippen LogP contribution in [0.25, 0.3) is 5.69 Å². The van der Waals surface area contributed by atoms with Gasteiger partial charge in [-0.3, -0.25) is 5.01 Å². The Hall–Kier alpha value is -2.29. The van der Waals surface area contributed by atoms with E-state index in [1.807, 2.05) is 34.1 Å². The summed E-state index contributed by atoms with van der Waals surface area (Å²) in [6.07, 6.45) is 1.89. The van der Waals surface area contributed by atoms with Gasteiger partial charge in [-0.2, -0.15) is 5.10 Å². The van der Waals surface area contributed by atoms with Crippen molar-refractivity contribution in [3.63, 3.8) is 0 Å². The number of thioether (sulfide) groups is 1. The molecular formula is C20H21BrN6S. The molecule has 0 amide bonds. The van der Waals surface area contributed by atoms with Gasteiger partial charge in [0.15, 0.2) is 5.84 Å². The van der Waals surface area contributed by atoms with Gasteiger partial charge in [-0.15, -0.1) is 22.4 Å². The standard InChI is InChI=1S/C20H21BrN6S/c1-14(2)26-19(23-24-25-26)18-12-22-27(17-10-6-9-16(21)11-17)20(18)28-13-15-7-4-3-5-8-15/h3-12,14,24-25H,13H2,1-2H3. The molecule has 6 nitrogen and oxygen atoms in total. The van der Waals surface area contributed by atoms with Crippen molar-refractivity contribution in [3.8, 4) is 5.69 Å². The van der Waals surface area contributed by atoms with Crippen molar-refractivity contribution in [3.05, 3.63) is 76.4 Å². The predicted octanol–water partition coefficient (Wildman–Crippen LogP) is 4.32. The number of hydrogen-bond acceptors (Lipinski definition) is 6. The van der Waals surface area contributed by atoms with Crippen LogP contribution in [0.3, 0.4) is 0 Å². The van der Waals surface area contributed by atoms with Crippen LogP contribution in [0.1, 0.15) is 25.0 Å². The summed E-state index contributed by atoms with van der Waals surface area (Å²) in [6.45, 7) is 4.23. The number of nitrogens with one attached hydrogen (secondary N) is 2. The maximum atomic E-state index is 4.69. The van der Waals surface area contributed by atoms with E-state index in [0.29, 0.717) is 0 Å². The van der Waals surface area contributed by atoms with E-state index in [1.165, 1.54) is 5.56 Å². The monoisotopic (exact) mass is 456 g/mol. The van der Waals surface area contributed by atoms with Crippen LogP contribution in [0.5, 0.6) is 0 Å². The number of benzene rings is 2. The van der Waals surface area contributed by atoms with Crippen molar-refractivity contribution in [1.29, 1.82) is 0 Å². The molecule has 0 fully saturated rings. The van der Waals surface area contributed by atoms with Crippen molar-refractivity contribution in [1.82, 2.24) is 25.9 Å². The minimum atomic E-state index is 0.245. The van der Waals surface area contributed by atoms with Gasteiger partial charge >= 0.3 is 0 Å². The third-order valence-corrected chi connectivity index (χ3v) is 5.95. The highest BCUT2D eigenvalue weighted by molar-refractivity contribution is 9.10. The van der Waals surface area contributed by atoms with Crippen molar-refractivity contribution in [2.24, 2.45) is 5.10 Å². The molecule has 8 heteroatoms. The fraction of sp³-hybridized carbons (Fsp3) is 0.200. The predicted molar refractivity (Wildman–Crippen MR) is 117 cm³/mol. The molecule has 0 bridgehead atoms. The fourth-order valence-electron chi connectivity index (χ4n) is 2.95. The van der Waals surface area contributed by atoms with Crippen molar-refractivity contribution in [2.75, 3.05) is 0 Å². The Morgan fingerprint density at radius 2 is 1.93 bits per heavy atom. The highest BCUT2D eigenvalue weighted by atomic mass is 79.9. The highest BCUT2D eigenvalue weighted by Gasteiger charge is 2.27. The third kappa shape index (κ3) is 3.94. The summed E-state index contributed by atoms with van der Waals surface area (Å²) in [6, 6.07) is 18.9. The number of hydrazone groups is 1. The normalized spacial score (nSPS) is 13.7. The molecule has 0 atom stereocenters. The Balaban J connectivity index is 1.74. The summed E-state index contributed by atoms with van der Waals surface area (Å²) in [5, 5.41) is 12.2. The Kier molecular flexibility index (Phi) is 5.70. The van der Waals surface area contributed by atoms with Gasteiger partial charge in [-0.1, -0.05) is 52.3 Å². The van der Waals surface area contributed by atoms with Crippen LogP contribution in [0.15, 0.2) is 75.4 Å². The Morgan fingerprint density at radius 1 is 1.11 bits per heavy atom. The molecule has 0 saturated heterocycles. The van der Waals surface area contributed by atoms with Crippen molar-refractivity contribution < 1.29 is 0 Å². The van der Waals surface area contributed by atoms with E-state index in [1.54, 1.807) is 11.8 Å². The van der Waals surface area contributed by atoms with Gasteiger partial charge in [-0.05, 0) is 37.6 Å². The zero-order chi connectivity index (χ0) is 19.5. The number of aromatic nitrogens is 2. The van der Waals surface area contributed by atoms with E-state index in [0.717, 1.165) is 32.3 Å². The lowest BCUT2D eigenvalue weighted by molar-refractivity contribution is 0.246. The first-order valence-corrected chi connectivity index (χ1v) is 10.8. The average molecular weight is 457 g/mol. The van der Waals surface area contributed by atoms with E-state index >= 15 is 0 Å². The van der Waals surface area contributed by atoms with Gasteiger partial charge in [0.2, 0.25) is 0 Å². The lowest BCUT2D eigenvalue weighted by Gasteiger charge is -2.23. The molecule has 1 aliphatic heterocycles. The van der Waals surface area contributed by atoms with Crippen molar-refractivity contribution >= 4 is 33.5 Å². The van der Waals surface area contributed by atoms with Crippen LogP contribution in [0, 0.1) is 0 Å². The molecule has 0 radical (unpaired) electrons. The van der Waals surface area contributed by atoms with Crippen molar-refractivity contribution in [2.45, 2.75) is 30.7 Å². The van der Waals surface area contributed by atoms with Crippen LogP contribution in [-0.2, 0) is 5.75 Å². The molecule has 0 spiro atoms. The summed E-state index contributed by atoms with van der Waals surface area (Å²) in [7, 11) is 0. The second-order valence-corrected chi connectivity index (χ2v) is 8.53. The van der Waals surface area contributed by atoms with Gasteiger partial charge in [0.1, 0.15) is 5.03 Å². The number of rotatable bonds is 6. The summed E-state index contributed by atoms with van der Waals surface area (Å²) < 4.78 is 3.00. The van der Waals surface area contributed by atoms with E-state index in [2.05, 4.69) is 82.3 Å². The van der Waals surface area contributed by atoms with Crippen LogP contribution < -0.4 is 11.1 Å². The topological polar surface area (TPSA) is 57.5 Å². The summed E-state index contributed by atoms with van der Waals surface area (Å²) >= 11 is 5.32. The SMILES string of the molecule is CC(C)N1NNN=C1c1cnn(-c2cccc(Br)c2)c1SCc1ccccc1. The molecular weight excluding hydrogens is 436 g/mol. The first kappa shape index (κ1) is 19.0. The molecule has 144 valence electrons. The molecule has 0 unspecified atom stereocenters. The molecule has 1 aromatic heterocycles. The van der Waals surface area contributed by atoms with Gasteiger partial charge in [0.25, 0.3) is 0 Å². The van der Waals surface area contributed by atoms with E-state index in [-0.39, 0.29) is 6.04 Å². The molecule has 4 rings (SSSR count). The third-order valence-electron chi connectivity index (χ3n) is 4.31. The number of nitrogens with zero attached hydrogens (tertiary/aromatic N) is 4. The number of halogens is 1. The van der Waals surface area contributed by atoms with Crippen LogP contribution in [0.4, 0.5) is 0 Å². The minimum absolute atomic E-state index is 0.245. The smallest absolute Gasteiger partial charge is 0.177 e. The van der Waals surface area contributed by atoms with Crippen LogP contribution >= 0.6 is 27.7 Å². The van der Waals surface area contributed by atoms with E-state index in [9.17, 15) is 0 Å². The minimum Gasteiger partial charge on any atom is -0.268 e. The molecule has 3 aromatic rings. The second-order valence-electron chi connectivity index (χ2n) is 6.65. The maximum absolute atomic E-state index is 4.69. The lowest BCUT2D eigenvalue weighted by atomic mass is 10.2. The maximum Gasteiger partial charge on any atom is 0.177 e. The Labute approximate surface area is 177 Å². The average Bonchev–Trinajstić information content (AvgIpc) is 3.34. The Bertz CT molecular complexity index is 985. The molecule has 0 aliphatic carbocycles. The number of hydrogen-bond donors (Lipinski definition) is 2. The van der Waals surface area contributed by atoms with Gasteiger partial charge < -0.3 is 0 Å². The summed E-state index contributed by atoms with van der Waals surface area (Å²) in [5.41, 5.74) is 9.23.